The second-order valence-electron chi connectivity index (χ2n) is 3.69. The molecule has 0 aliphatic heterocycles. The lowest BCUT2D eigenvalue weighted by Crippen LogP contribution is -2.05. The molecule has 0 bridgehead atoms. The second-order valence-corrected chi connectivity index (χ2v) is 4.10. The zero-order chi connectivity index (χ0) is 13.0. The van der Waals surface area contributed by atoms with Crippen molar-refractivity contribution in [3.8, 4) is 11.6 Å². The van der Waals surface area contributed by atoms with Crippen LogP contribution in [0.3, 0.4) is 0 Å². The summed E-state index contributed by atoms with van der Waals surface area (Å²) in [7, 11) is 1.83. The third kappa shape index (κ3) is 2.97. The second kappa shape index (κ2) is 5.80. The van der Waals surface area contributed by atoms with Crippen LogP contribution in [0.15, 0.2) is 36.5 Å². The predicted molar refractivity (Wildman–Crippen MR) is 68.5 cm³/mol. The van der Waals surface area contributed by atoms with Gasteiger partial charge in [0.15, 0.2) is 11.6 Å². The van der Waals surface area contributed by atoms with Gasteiger partial charge < -0.3 is 10.1 Å². The Morgan fingerprint density at radius 2 is 2.17 bits per heavy atom. The molecule has 0 saturated heterocycles. The molecule has 0 aliphatic rings. The normalized spacial score (nSPS) is 10.4. The van der Waals surface area contributed by atoms with Gasteiger partial charge in [0.2, 0.25) is 5.88 Å². The standard InChI is InChI=1S/C13H12ClFN2O/c1-16-7-9-6-10(14)13(17-8-9)18-12-5-3-2-4-11(12)15/h2-6,8,16H,7H2,1H3. The van der Waals surface area contributed by atoms with Crippen molar-refractivity contribution in [3.05, 3.63) is 52.9 Å². The summed E-state index contributed by atoms with van der Waals surface area (Å²) >= 11 is 6.03. The van der Waals surface area contributed by atoms with Gasteiger partial charge in [0.25, 0.3) is 0 Å². The molecule has 0 radical (unpaired) electrons. The molecule has 0 aliphatic carbocycles. The number of benzene rings is 1. The number of halogens is 2. The van der Waals surface area contributed by atoms with Gasteiger partial charge in [0, 0.05) is 12.7 Å². The van der Waals surface area contributed by atoms with Crippen LogP contribution in [0.2, 0.25) is 5.02 Å². The number of para-hydroxylation sites is 1. The van der Waals surface area contributed by atoms with Crippen LogP contribution in [-0.4, -0.2) is 12.0 Å². The Morgan fingerprint density at radius 3 is 2.83 bits per heavy atom. The molecule has 0 saturated carbocycles. The van der Waals surface area contributed by atoms with E-state index in [0.29, 0.717) is 11.6 Å². The molecule has 5 heteroatoms. The van der Waals surface area contributed by atoms with Crippen LogP contribution in [0.4, 0.5) is 4.39 Å². The highest BCUT2D eigenvalue weighted by atomic mass is 35.5. The molecule has 94 valence electrons. The number of hydrogen-bond acceptors (Lipinski definition) is 3. The maximum absolute atomic E-state index is 13.4. The van der Waals surface area contributed by atoms with Crippen molar-refractivity contribution in [1.82, 2.24) is 10.3 Å². The molecule has 0 unspecified atom stereocenters. The smallest absolute Gasteiger partial charge is 0.238 e. The third-order valence-corrected chi connectivity index (χ3v) is 2.56. The molecule has 1 N–H and O–H groups in total. The summed E-state index contributed by atoms with van der Waals surface area (Å²) in [6.07, 6.45) is 1.64. The highest BCUT2D eigenvalue weighted by Crippen LogP contribution is 2.28. The van der Waals surface area contributed by atoms with Crippen molar-refractivity contribution < 1.29 is 9.13 Å². The third-order valence-electron chi connectivity index (χ3n) is 2.29. The number of aromatic nitrogens is 1. The van der Waals surface area contributed by atoms with Crippen molar-refractivity contribution in [1.29, 1.82) is 0 Å². The van der Waals surface area contributed by atoms with E-state index >= 15 is 0 Å². The monoisotopic (exact) mass is 266 g/mol. The van der Waals surface area contributed by atoms with Gasteiger partial charge in [-0.3, -0.25) is 0 Å². The van der Waals surface area contributed by atoms with Gasteiger partial charge in [-0.05, 0) is 30.8 Å². The molecule has 2 aromatic rings. The lowest BCUT2D eigenvalue weighted by molar-refractivity contribution is 0.427. The van der Waals surface area contributed by atoms with Crippen molar-refractivity contribution in [3.63, 3.8) is 0 Å². The topological polar surface area (TPSA) is 34.2 Å². The average molecular weight is 267 g/mol. The van der Waals surface area contributed by atoms with Gasteiger partial charge in [-0.25, -0.2) is 9.37 Å². The number of ether oxygens (including phenoxy) is 1. The molecule has 0 spiro atoms. The fourth-order valence-electron chi connectivity index (χ4n) is 1.47. The van der Waals surface area contributed by atoms with Gasteiger partial charge in [-0.15, -0.1) is 0 Å². The van der Waals surface area contributed by atoms with E-state index in [0.717, 1.165) is 5.56 Å². The van der Waals surface area contributed by atoms with E-state index in [1.165, 1.54) is 12.1 Å². The Bertz CT molecular complexity index is 548. The van der Waals surface area contributed by atoms with Crippen LogP contribution in [0.5, 0.6) is 11.6 Å². The average Bonchev–Trinajstić information content (AvgIpc) is 2.35. The van der Waals surface area contributed by atoms with Crippen molar-refractivity contribution in [2.75, 3.05) is 7.05 Å². The van der Waals surface area contributed by atoms with Crippen LogP contribution in [-0.2, 0) is 6.54 Å². The first-order chi connectivity index (χ1) is 8.70. The summed E-state index contributed by atoms with van der Waals surface area (Å²) < 4.78 is 18.7. The Labute approximate surface area is 110 Å². The zero-order valence-electron chi connectivity index (χ0n) is 9.78. The summed E-state index contributed by atoms with van der Waals surface area (Å²) in [5.41, 5.74) is 0.934. The number of rotatable bonds is 4. The van der Waals surface area contributed by atoms with Crippen LogP contribution < -0.4 is 10.1 Å². The lowest BCUT2D eigenvalue weighted by atomic mass is 10.3. The summed E-state index contributed by atoms with van der Waals surface area (Å²) in [4.78, 5) is 4.07. The minimum absolute atomic E-state index is 0.105. The van der Waals surface area contributed by atoms with Gasteiger partial charge in [-0.1, -0.05) is 23.7 Å². The van der Waals surface area contributed by atoms with E-state index in [9.17, 15) is 4.39 Å². The maximum atomic E-state index is 13.4. The highest BCUT2D eigenvalue weighted by molar-refractivity contribution is 6.31. The van der Waals surface area contributed by atoms with E-state index < -0.39 is 5.82 Å². The molecule has 0 amide bonds. The molecule has 3 nitrogen and oxygen atoms in total. The van der Waals surface area contributed by atoms with Crippen LogP contribution in [0.25, 0.3) is 0 Å². The Kier molecular flexibility index (Phi) is 4.12. The molecule has 0 fully saturated rings. The number of hydrogen-bond donors (Lipinski definition) is 1. The zero-order valence-corrected chi connectivity index (χ0v) is 10.5. The summed E-state index contributed by atoms with van der Waals surface area (Å²) in [5, 5.41) is 3.34. The Hall–Kier alpha value is -1.65. The first-order valence-corrected chi connectivity index (χ1v) is 5.80. The molecule has 1 aromatic carbocycles. The predicted octanol–water partition coefficient (Wildman–Crippen LogP) is 3.39. The SMILES string of the molecule is CNCc1cnc(Oc2ccccc2F)c(Cl)c1. The molecule has 1 aromatic heterocycles. The van der Waals surface area contributed by atoms with Crippen molar-refractivity contribution in [2.24, 2.45) is 0 Å². The Balaban J connectivity index is 2.22. The van der Waals surface area contributed by atoms with Crippen LogP contribution in [0, 0.1) is 5.82 Å². The summed E-state index contributed by atoms with van der Waals surface area (Å²) in [5.74, 6) is -0.149. The summed E-state index contributed by atoms with van der Waals surface area (Å²) in [6.45, 7) is 0.659. The number of nitrogens with one attached hydrogen (secondary N) is 1. The van der Waals surface area contributed by atoms with E-state index in [2.05, 4.69) is 10.3 Å². The molecule has 18 heavy (non-hydrogen) atoms. The van der Waals surface area contributed by atoms with Gasteiger partial charge in [0.05, 0.1) is 0 Å². The van der Waals surface area contributed by atoms with Crippen molar-refractivity contribution >= 4 is 11.6 Å². The largest absolute Gasteiger partial charge is 0.434 e. The molecule has 0 atom stereocenters. The van der Waals surface area contributed by atoms with Gasteiger partial charge in [-0.2, -0.15) is 0 Å². The highest BCUT2D eigenvalue weighted by Gasteiger charge is 2.09. The van der Waals surface area contributed by atoms with Gasteiger partial charge in [0.1, 0.15) is 5.02 Å². The van der Waals surface area contributed by atoms with Crippen LogP contribution >= 0.6 is 11.6 Å². The fourth-order valence-corrected chi connectivity index (χ4v) is 1.70. The first kappa shape index (κ1) is 12.8. The first-order valence-electron chi connectivity index (χ1n) is 5.42. The Morgan fingerprint density at radius 1 is 1.39 bits per heavy atom. The molecular weight excluding hydrogens is 255 g/mol. The van der Waals surface area contributed by atoms with Gasteiger partial charge >= 0.3 is 0 Å². The van der Waals surface area contributed by atoms with E-state index in [-0.39, 0.29) is 11.6 Å². The quantitative estimate of drug-likeness (QED) is 0.921. The maximum Gasteiger partial charge on any atom is 0.238 e. The summed E-state index contributed by atoms with van der Waals surface area (Å²) in [6, 6.07) is 7.85. The van der Waals surface area contributed by atoms with E-state index in [1.54, 1.807) is 24.4 Å². The van der Waals surface area contributed by atoms with E-state index in [4.69, 9.17) is 16.3 Å². The molecular formula is C13H12ClFN2O. The number of pyridine rings is 1. The van der Waals surface area contributed by atoms with E-state index in [1.807, 2.05) is 7.05 Å². The minimum atomic E-state index is -0.449. The molecule has 2 rings (SSSR count). The minimum Gasteiger partial charge on any atom is -0.434 e. The van der Waals surface area contributed by atoms with Crippen molar-refractivity contribution in [2.45, 2.75) is 6.54 Å². The lowest BCUT2D eigenvalue weighted by Gasteiger charge is -2.08. The number of nitrogens with zero attached hydrogens (tertiary/aromatic N) is 1. The molecule has 1 heterocycles. The fraction of sp³-hybridized carbons (Fsp3) is 0.154. The van der Waals surface area contributed by atoms with Crippen LogP contribution in [0.1, 0.15) is 5.56 Å².